The van der Waals surface area contributed by atoms with E-state index in [4.69, 9.17) is 10.5 Å². The van der Waals surface area contributed by atoms with Crippen LogP contribution in [0.4, 0.5) is 26.3 Å². The Bertz CT molecular complexity index is 1880. The zero-order chi connectivity index (χ0) is 37.9. The molecule has 2 heterocycles. The smallest absolute Gasteiger partial charge is 0.416 e. The zero-order valence-electron chi connectivity index (χ0n) is 28.9. The minimum atomic E-state index is -4.53. The topological polar surface area (TPSA) is 105 Å². The summed E-state index contributed by atoms with van der Waals surface area (Å²) in [5, 5.41) is 3.51. The lowest BCUT2D eigenvalue weighted by Crippen LogP contribution is -2.62. The van der Waals surface area contributed by atoms with Crippen molar-refractivity contribution in [1.29, 1.82) is 0 Å². The summed E-state index contributed by atoms with van der Waals surface area (Å²) in [5.74, 6) is -5.31. The third-order valence-electron chi connectivity index (χ3n) is 9.82. The second kappa shape index (κ2) is 16.0. The molecule has 8 nitrogen and oxygen atoms in total. The molecular formula is C39H40F6N4O4. The lowest BCUT2D eigenvalue weighted by Gasteiger charge is -2.45. The molecule has 1 aliphatic carbocycles. The first-order valence-electron chi connectivity index (χ1n) is 17.7. The lowest BCUT2D eigenvalue weighted by molar-refractivity contribution is -0.137. The van der Waals surface area contributed by atoms with Gasteiger partial charge in [0.25, 0.3) is 5.91 Å². The van der Waals surface area contributed by atoms with Gasteiger partial charge in [-0.25, -0.2) is 8.78 Å². The number of nitrogens with two attached hydrogens (primary N) is 1. The summed E-state index contributed by atoms with van der Waals surface area (Å²) >= 11 is 0. The van der Waals surface area contributed by atoms with Crippen LogP contribution in [-0.4, -0.2) is 65.3 Å². The number of aryl methyl sites for hydroxylation is 1. The molecule has 2 atom stereocenters. The molecular weight excluding hydrogens is 702 g/mol. The highest BCUT2D eigenvalue weighted by atomic mass is 19.4. The largest absolute Gasteiger partial charge is 0.488 e. The highest BCUT2D eigenvalue weighted by Crippen LogP contribution is 2.38. The first-order valence-corrected chi connectivity index (χ1v) is 17.7. The number of piperazine rings is 1. The predicted octanol–water partition coefficient (Wildman–Crippen LogP) is 6.31. The molecule has 0 aromatic heterocycles. The Kier molecular flexibility index (Phi) is 11.5. The molecule has 0 spiro atoms. The fourth-order valence-corrected chi connectivity index (χ4v) is 7.06. The van der Waals surface area contributed by atoms with Crippen molar-refractivity contribution in [3.8, 4) is 5.75 Å². The molecule has 2 fully saturated rings. The summed E-state index contributed by atoms with van der Waals surface area (Å²) < 4.78 is 87.3. The van der Waals surface area contributed by atoms with Crippen molar-refractivity contribution in [3.63, 3.8) is 0 Å². The van der Waals surface area contributed by atoms with Crippen LogP contribution in [0.1, 0.15) is 67.2 Å². The molecule has 2 unspecified atom stereocenters. The summed E-state index contributed by atoms with van der Waals surface area (Å²) in [6, 6.07) is 13.1. The number of amides is 3. The van der Waals surface area contributed by atoms with Gasteiger partial charge in [-0.1, -0.05) is 36.4 Å². The van der Waals surface area contributed by atoms with Crippen LogP contribution >= 0.6 is 0 Å². The minimum Gasteiger partial charge on any atom is -0.488 e. The number of hydrogen-bond acceptors (Lipinski definition) is 5. The first kappa shape index (κ1) is 37.9. The Morgan fingerprint density at radius 1 is 0.906 bits per heavy atom. The van der Waals surface area contributed by atoms with Gasteiger partial charge in [0.05, 0.1) is 18.2 Å². The Morgan fingerprint density at radius 3 is 2.34 bits per heavy atom. The molecule has 3 N–H and O–H groups in total. The standard InChI is InChI=1S/C39H40F6N4O4/c40-30-15-16-31(41)37(36(30)42)53-17-3-5-23-9-11-25(12-10-23)29-19-27-21-48(34(51)8-2-7-33(46)50)22-32(47-27)35(29)38(52)49(28-13-14-28)20-24-4-1-6-26(18-24)39(43,44)45/h1,4,6,9-12,15-16,18,27-28,32,47H,2-3,5,7-8,13-14,17,19-22H2,(H2,46,50). The van der Waals surface area contributed by atoms with Crippen molar-refractivity contribution in [1.82, 2.24) is 15.1 Å². The average molecular weight is 743 g/mol. The van der Waals surface area contributed by atoms with Crippen LogP contribution in [0.3, 0.4) is 0 Å². The minimum absolute atomic E-state index is 0.0134. The van der Waals surface area contributed by atoms with E-state index < -0.39 is 46.9 Å². The van der Waals surface area contributed by atoms with Gasteiger partial charge in [-0.2, -0.15) is 17.6 Å². The quantitative estimate of drug-likeness (QED) is 0.115. The summed E-state index contributed by atoms with van der Waals surface area (Å²) in [4.78, 5) is 42.4. The molecule has 3 aromatic rings. The fourth-order valence-electron chi connectivity index (χ4n) is 7.06. The van der Waals surface area contributed by atoms with E-state index in [1.165, 1.54) is 6.07 Å². The van der Waals surface area contributed by atoms with E-state index in [0.717, 1.165) is 47.7 Å². The van der Waals surface area contributed by atoms with Crippen molar-refractivity contribution >= 4 is 23.3 Å². The van der Waals surface area contributed by atoms with Crippen molar-refractivity contribution in [2.75, 3.05) is 19.7 Å². The molecule has 2 bridgehead atoms. The normalized spacial score (nSPS) is 18.6. The number of nitrogens with one attached hydrogen (secondary N) is 1. The highest BCUT2D eigenvalue weighted by molar-refractivity contribution is 6.03. The molecule has 1 saturated carbocycles. The van der Waals surface area contributed by atoms with Crippen molar-refractivity contribution < 1.29 is 45.5 Å². The number of ether oxygens (including phenoxy) is 1. The van der Waals surface area contributed by atoms with Gasteiger partial charge in [0.15, 0.2) is 17.4 Å². The summed E-state index contributed by atoms with van der Waals surface area (Å²) in [6.45, 7) is 0.514. The fraction of sp³-hybridized carbons (Fsp3) is 0.410. The predicted molar refractivity (Wildman–Crippen MR) is 183 cm³/mol. The van der Waals surface area contributed by atoms with Crippen LogP contribution in [0.5, 0.6) is 5.75 Å². The van der Waals surface area contributed by atoms with E-state index in [1.807, 2.05) is 24.3 Å². The average Bonchev–Trinajstić information content (AvgIpc) is 3.97. The van der Waals surface area contributed by atoms with E-state index in [-0.39, 0.29) is 56.4 Å². The van der Waals surface area contributed by atoms with E-state index >= 15 is 0 Å². The van der Waals surface area contributed by atoms with Crippen molar-refractivity contribution in [2.45, 2.75) is 82.2 Å². The summed E-state index contributed by atoms with van der Waals surface area (Å²) in [5.41, 5.74) is 7.72. The van der Waals surface area contributed by atoms with Gasteiger partial charge in [-0.05, 0) is 85.1 Å². The second-order valence-corrected chi connectivity index (χ2v) is 13.8. The van der Waals surface area contributed by atoms with Gasteiger partial charge < -0.3 is 25.6 Å². The molecule has 1 saturated heterocycles. The Hall–Kier alpha value is -4.85. The number of hydrogen-bond donors (Lipinski definition) is 2. The number of nitrogens with zero attached hydrogens (tertiary/aromatic N) is 2. The van der Waals surface area contributed by atoms with Gasteiger partial charge in [0.2, 0.25) is 17.6 Å². The zero-order valence-corrected chi connectivity index (χ0v) is 28.9. The molecule has 0 radical (unpaired) electrons. The van der Waals surface area contributed by atoms with Gasteiger partial charge in [-0.3, -0.25) is 14.4 Å². The molecule has 2 aliphatic heterocycles. The van der Waals surface area contributed by atoms with Crippen molar-refractivity contribution in [2.24, 2.45) is 5.73 Å². The first-order chi connectivity index (χ1) is 25.3. The summed E-state index contributed by atoms with van der Waals surface area (Å²) in [6.07, 6.45) is -1.31. The number of fused-ring (bicyclic) bond motifs is 2. The molecule has 3 aliphatic rings. The van der Waals surface area contributed by atoms with E-state index in [2.05, 4.69) is 5.32 Å². The van der Waals surface area contributed by atoms with Crippen LogP contribution < -0.4 is 15.8 Å². The van der Waals surface area contributed by atoms with Gasteiger partial charge in [0, 0.05) is 50.1 Å². The Balaban J connectivity index is 1.24. The SMILES string of the molecule is NC(=O)CCCC(=O)N1CC2CC(c3ccc(CCCOc4c(F)ccc(F)c4F)cc3)=C(C(=O)N(Cc3cccc(C(F)(F)F)c3)C3CC3)C(C1)N2. The molecule has 6 rings (SSSR count). The Morgan fingerprint density at radius 2 is 1.64 bits per heavy atom. The molecule has 282 valence electrons. The number of carbonyl (C=O) groups is 3. The Labute approximate surface area is 303 Å². The summed E-state index contributed by atoms with van der Waals surface area (Å²) in [7, 11) is 0. The molecule has 14 heteroatoms. The number of primary amides is 1. The van der Waals surface area contributed by atoms with Crippen LogP contribution in [0.25, 0.3) is 5.57 Å². The maximum atomic E-state index is 14.7. The van der Waals surface area contributed by atoms with Crippen LogP contribution in [-0.2, 0) is 33.5 Å². The third-order valence-corrected chi connectivity index (χ3v) is 9.82. The lowest BCUT2D eigenvalue weighted by atomic mass is 9.82. The van der Waals surface area contributed by atoms with E-state index in [1.54, 1.807) is 15.9 Å². The van der Waals surface area contributed by atoms with Crippen LogP contribution in [0, 0.1) is 17.5 Å². The van der Waals surface area contributed by atoms with E-state index in [9.17, 15) is 40.7 Å². The van der Waals surface area contributed by atoms with Gasteiger partial charge >= 0.3 is 6.18 Å². The third kappa shape index (κ3) is 9.21. The maximum Gasteiger partial charge on any atom is 0.416 e. The van der Waals surface area contributed by atoms with Crippen LogP contribution in [0.2, 0.25) is 0 Å². The molecule has 3 amide bonds. The number of alkyl halides is 3. The van der Waals surface area contributed by atoms with Crippen molar-refractivity contribution in [3.05, 3.63) is 106 Å². The molecule has 53 heavy (non-hydrogen) atoms. The maximum absolute atomic E-state index is 14.7. The second-order valence-electron chi connectivity index (χ2n) is 13.8. The van der Waals surface area contributed by atoms with Gasteiger partial charge in [-0.15, -0.1) is 0 Å². The highest BCUT2D eigenvalue weighted by Gasteiger charge is 2.43. The van der Waals surface area contributed by atoms with Crippen LogP contribution in [0.15, 0.2) is 66.2 Å². The molecule has 3 aromatic carbocycles. The van der Waals surface area contributed by atoms with Gasteiger partial charge in [0.1, 0.15) is 0 Å². The van der Waals surface area contributed by atoms with E-state index in [0.29, 0.717) is 49.4 Å². The number of carbonyl (C=O) groups excluding carboxylic acids is 3. The number of halogens is 6. The number of benzene rings is 3. The monoisotopic (exact) mass is 742 g/mol. The number of rotatable bonds is 14.